The summed E-state index contributed by atoms with van der Waals surface area (Å²) in [4.78, 5) is 11.7. The monoisotopic (exact) mass is 538 g/mol. The number of guanidine groups is 1. The smallest absolute Gasteiger partial charge is 0.236 e. The summed E-state index contributed by atoms with van der Waals surface area (Å²) in [5.41, 5.74) is 12.4. The summed E-state index contributed by atoms with van der Waals surface area (Å²) in [6.45, 7) is 4.30. The van der Waals surface area contributed by atoms with Gasteiger partial charge in [-0.1, -0.05) is 67.2 Å². The van der Waals surface area contributed by atoms with Gasteiger partial charge < -0.3 is 15.5 Å². The van der Waals surface area contributed by atoms with Gasteiger partial charge >= 0.3 is 0 Å². The number of nitrogens with two attached hydrogens (primary N) is 1. The first-order valence-electron chi connectivity index (χ1n) is 13.1. The van der Waals surface area contributed by atoms with Crippen molar-refractivity contribution in [1.82, 2.24) is 14.8 Å². The zero-order chi connectivity index (χ0) is 28.1. The normalized spacial score (nSPS) is 17.6. The number of benzene rings is 4. The van der Waals surface area contributed by atoms with Crippen molar-refractivity contribution in [3.63, 3.8) is 0 Å². The van der Waals surface area contributed by atoms with Crippen molar-refractivity contribution in [2.24, 2.45) is 15.7 Å². The third-order valence-corrected chi connectivity index (χ3v) is 7.24. The minimum atomic E-state index is -0.730. The Hall–Kier alpha value is -5.60. The number of hydrogen-bond donors (Lipinski definition) is 4. The van der Waals surface area contributed by atoms with Crippen molar-refractivity contribution in [3.8, 4) is 11.5 Å². The van der Waals surface area contributed by atoms with Crippen molar-refractivity contribution in [3.05, 3.63) is 133 Å². The van der Waals surface area contributed by atoms with Gasteiger partial charge in [-0.2, -0.15) is 4.99 Å². The molecule has 5 N–H and O–H groups in total. The molecule has 5 aromatic rings. The Balaban J connectivity index is 1.42. The lowest BCUT2D eigenvalue weighted by molar-refractivity contribution is 0.351. The minimum absolute atomic E-state index is 0.113. The van der Waals surface area contributed by atoms with Gasteiger partial charge in [0.2, 0.25) is 11.9 Å². The quantitative estimate of drug-likeness (QED) is 0.240. The van der Waals surface area contributed by atoms with E-state index in [0.717, 1.165) is 38.9 Å². The molecule has 200 valence electrons. The van der Waals surface area contributed by atoms with Crippen LogP contribution in [0.25, 0.3) is 33.1 Å². The lowest BCUT2D eigenvalue weighted by Gasteiger charge is -2.38. The number of fused-ring (bicyclic) bond motifs is 4. The van der Waals surface area contributed by atoms with Crippen molar-refractivity contribution < 1.29 is 10.2 Å². The summed E-state index contributed by atoms with van der Waals surface area (Å²) in [6.07, 6.45) is 3.23. The van der Waals surface area contributed by atoms with E-state index in [1.807, 2.05) is 94.4 Å². The Morgan fingerprint density at radius 1 is 0.829 bits per heavy atom. The molecule has 1 aromatic heterocycles. The lowest BCUT2D eigenvalue weighted by Crippen LogP contribution is -2.60. The van der Waals surface area contributed by atoms with Gasteiger partial charge in [0.25, 0.3) is 0 Å². The van der Waals surface area contributed by atoms with E-state index in [9.17, 15) is 10.2 Å². The maximum atomic E-state index is 10.3. The molecule has 8 heteroatoms. The molecule has 41 heavy (non-hydrogen) atoms. The van der Waals surface area contributed by atoms with Crippen LogP contribution in [-0.2, 0) is 0 Å². The third kappa shape index (κ3) is 4.23. The first kappa shape index (κ1) is 24.4. The lowest BCUT2D eigenvalue weighted by atomic mass is 10.0. The van der Waals surface area contributed by atoms with Gasteiger partial charge in [-0.3, -0.25) is 15.2 Å². The molecule has 0 saturated carbocycles. The van der Waals surface area contributed by atoms with Crippen LogP contribution in [-0.4, -0.2) is 37.9 Å². The molecule has 0 aliphatic carbocycles. The highest BCUT2D eigenvalue weighted by atomic mass is 16.3. The van der Waals surface area contributed by atoms with Gasteiger partial charge in [-0.15, -0.1) is 0 Å². The predicted octanol–water partition coefficient (Wildman–Crippen LogP) is 5.57. The van der Waals surface area contributed by atoms with Gasteiger partial charge in [0.15, 0.2) is 6.29 Å². The number of aromatic hydroxyl groups is 2. The van der Waals surface area contributed by atoms with Crippen LogP contribution in [0.3, 0.4) is 0 Å². The first-order chi connectivity index (χ1) is 20.0. The number of aliphatic imine (C=N–C) groups is 2. The molecular formula is C33H26N6O2. The van der Waals surface area contributed by atoms with E-state index in [4.69, 9.17) is 15.7 Å². The number of rotatable bonds is 3. The second-order valence-electron chi connectivity index (χ2n) is 9.90. The molecule has 1 unspecified atom stereocenters. The zero-order valence-electron chi connectivity index (χ0n) is 21.9. The topological polar surface area (TPSA) is 111 Å². The van der Waals surface area contributed by atoms with Gasteiger partial charge in [0, 0.05) is 28.5 Å². The molecule has 0 amide bonds. The number of phenols is 2. The highest BCUT2D eigenvalue weighted by molar-refractivity contribution is 6.16. The highest BCUT2D eigenvalue weighted by Crippen LogP contribution is 2.35. The van der Waals surface area contributed by atoms with E-state index >= 15 is 0 Å². The Labute approximate surface area is 236 Å². The van der Waals surface area contributed by atoms with Crippen LogP contribution in [0.4, 0.5) is 0 Å². The Kier molecular flexibility index (Phi) is 5.69. The number of nitrogens with zero attached hydrogens (tertiary/aromatic N) is 4. The maximum Gasteiger partial charge on any atom is 0.236 e. The Morgan fingerprint density at radius 3 is 2.07 bits per heavy atom. The highest BCUT2D eigenvalue weighted by Gasteiger charge is 2.32. The van der Waals surface area contributed by atoms with Gasteiger partial charge in [-0.25, -0.2) is 4.99 Å². The van der Waals surface area contributed by atoms with E-state index in [-0.39, 0.29) is 11.5 Å². The largest absolute Gasteiger partial charge is 0.508 e. The van der Waals surface area contributed by atoms with Crippen molar-refractivity contribution >= 4 is 45.0 Å². The van der Waals surface area contributed by atoms with E-state index in [2.05, 4.69) is 11.9 Å². The molecule has 2 aliphatic rings. The number of aromatic nitrogens is 1. The number of hydrogen-bond acceptors (Lipinski definition) is 7. The van der Waals surface area contributed by atoms with Crippen molar-refractivity contribution in [1.29, 1.82) is 0 Å². The molecule has 4 aromatic carbocycles. The average molecular weight is 539 g/mol. The molecule has 1 atom stereocenters. The van der Waals surface area contributed by atoms with Crippen LogP contribution in [0, 0.1) is 0 Å². The number of phenolic OH excluding ortho intramolecular Hbond substituents is 2. The first-order valence-corrected chi connectivity index (χ1v) is 13.1. The fourth-order valence-electron chi connectivity index (χ4n) is 5.33. The number of allylic oxidation sites excluding steroid dienone is 3. The molecule has 0 radical (unpaired) electrons. The standard InChI is InChI=1S/C33H26N6O2/c1-20(21-8-4-2-5-9-21)16-23-17-28(22-10-6-3-7-11-22)35-32-37-33(36-31(34)38(23)32)39-29-18-24(40)12-14-26(29)27-15-13-25(41)19-30(27)39/h2-19,31,40-41H,1,34H2,(H,35,36,37)/b23-16-. The minimum Gasteiger partial charge on any atom is -0.508 e. The number of nitrogens with one attached hydrogen (secondary N) is 1. The Morgan fingerprint density at radius 2 is 1.44 bits per heavy atom. The van der Waals surface area contributed by atoms with E-state index < -0.39 is 6.29 Å². The van der Waals surface area contributed by atoms with Crippen molar-refractivity contribution in [2.45, 2.75) is 6.29 Å². The summed E-state index contributed by atoms with van der Waals surface area (Å²) in [6, 6.07) is 30.2. The summed E-state index contributed by atoms with van der Waals surface area (Å²) in [7, 11) is 0. The summed E-state index contributed by atoms with van der Waals surface area (Å²) >= 11 is 0. The van der Waals surface area contributed by atoms with Crippen LogP contribution in [0.1, 0.15) is 11.1 Å². The molecule has 0 spiro atoms. The molecule has 0 saturated heterocycles. The van der Waals surface area contributed by atoms with E-state index in [0.29, 0.717) is 23.0 Å². The average Bonchev–Trinajstić information content (AvgIpc) is 3.29. The summed E-state index contributed by atoms with van der Waals surface area (Å²) < 4.78 is 1.84. The van der Waals surface area contributed by atoms with Crippen LogP contribution in [0.2, 0.25) is 0 Å². The van der Waals surface area contributed by atoms with Crippen LogP contribution in [0.15, 0.2) is 131 Å². The maximum absolute atomic E-state index is 10.3. The molecule has 3 heterocycles. The molecule has 8 nitrogen and oxygen atoms in total. The molecule has 0 bridgehead atoms. The molecular weight excluding hydrogens is 512 g/mol. The summed E-state index contributed by atoms with van der Waals surface area (Å²) in [5, 5.41) is 25.8. The zero-order valence-corrected chi connectivity index (χ0v) is 21.9. The fourth-order valence-corrected chi connectivity index (χ4v) is 5.33. The second-order valence-corrected chi connectivity index (χ2v) is 9.90. The molecule has 2 aliphatic heterocycles. The van der Waals surface area contributed by atoms with Crippen molar-refractivity contribution in [2.75, 3.05) is 0 Å². The van der Waals surface area contributed by atoms with Gasteiger partial charge in [0.1, 0.15) is 11.5 Å². The van der Waals surface area contributed by atoms with Crippen LogP contribution in [0.5, 0.6) is 11.5 Å². The van der Waals surface area contributed by atoms with Gasteiger partial charge in [0.05, 0.1) is 22.4 Å². The summed E-state index contributed by atoms with van der Waals surface area (Å²) in [5.74, 6) is 1.04. The van der Waals surface area contributed by atoms with E-state index in [1.54, 1.807) is 24.3 Å². The third-order valence-electron chi connectivity index (χ3n) is 7.24. The van der Waals surface area contributed by atoms with Crippen LogP contribution >= 0.6 is 0 Å². The molecule has 7 rings (SSSR count). The fraction of sp³-hybridized carbons (Fsp3) is 0.0303. The predicted molar refractivity (Wildman–Crippen MR) is 164 cm³/mol. The van der Waals surface area contributed by atoms with Gasteiger partial charge in [-0.05, 0) is 47.6 Å². The SMILES string of the molecule is C=C(/C=C1/C=C(c2ccccc2)N=C2N=C(n3c4cc(O)ccc4c4ccc(O)cc43)NC(N)N21)c1ccccc1. The van der Waals surface area contributed by atoms with E-state index in [1.165, 1.54) is 0 Å². The second kappa shape index (κ2) is 9.55. The Bertz CT molecular complexity index is 1910. The van der Waals surface area contributed by atoms with Crippen LogP contribution < -0.4 is 11.1 Å². The molecule has 0 fully saturated rings.